The van der Waals surface area contributed by atoms with Crippen molar-refractivity contribution in [2.24, 2.45) is 0 Å². The number of aromatic nitrogens is 2. The van der Waals surface area contributed by atoms with Crippen molar-refractivity contribution in [2.45, 2.75) is 39.5 Å². The van der Waals surface area contributed by atoms with Gasteiger partial charge in [0.2, 0.25) is 0 Å². The van der Waals surface area contributed by atoms with Crippen molar-refractivity contribution in [2.75, 3.05) is 0 Å². The number of hydrogen-bond acceptors (Lipinski definition) is 1. The van der Waals surface area contributed by atoms with E-state index in [9.17, 15) is 4.39 Å². The van der Waals surface area contributed by atoms with E-state index in [1.807, 2.05) is 6.20 Å². The summed E-state index contributed by atoms with van der Waals surface area (Å²) < 4.78 is 16.2. The molecule has 1 aromatic heterocycles. The van der Waals surface area contributed by atoms with Crippen LogP contribution in [0.5, 0.6) is 0 Å². The smallest absolute Gasteiger partial charge is 0.132 e. The summed E-state index contributed by atoms with van der Waals surface area (Å²) in [5, 5.41) is 6.03. The van der Waals surface area contributed by atoms with Crippen molar-refractivity contribution >= 4 is 28.1 Å². The van der Waals surface area contributed by atoms with Crippen LogP contribution < -0.4 is 0 Å². The van der Waals surface area contributed by atoms with E-state index in [-0.39, 0.29) is 5.82 Å². The lowest BCUT2D eigenvalue weighted by Gasteiger charge is -2.12. The first-order valence-electron chi connectivity index (χ1n) is 9.93. The molecule has 0 saturated heterocycles. The summed E-state index contributed by atoms with van der Waals surface area (Å²) in [7, 11) is 0. The quantitative estimate of drug-likeness (QED) is 0.432. The minimum atomic E-state index is -0.345. The molecule has 2 nitrogen and oxygen atoms in total. The van der Waals surface area contributed by atoms with Crippen molar-refractivity contribution in [1.82, 2.24) is 9.78 Å². The first-order valence-corrected chi connectivity index (χ1v) is 10.3. The Hall–Kier alpha value is -2.65. The zero-order valence-corrected chi connectivity index (χ0v) is 17.6. The number of fused-ring (bicyclic) bond motifs is 1. The monoisotopic (exact) mass is 406 g/mol. The zero-order valence-electron chi connectivity index (χ0n) is 16.8. The largest absolute Gasteiger partial charge is 0.231 e. The van der Waals surface area contributed by atoms with Crippen LogP contribution in [-0.2, 0) is 6.42 Å². The molecule has 0 aliphatic heterocycles. The maximum Gasteiger partial charge on any atom is 0.132 e. The highest BCUT2D eigenvalue weighted by Gasteiger charge is 2.15. The van der Waals surface area contributed by atoms with Crippen LogP contribution >= 0.6 is 11.6 Å². The Labute approximate surface area is 176 Å². The lowest BCUT2D eigenvalue weighted by molar-refractivity contribution is 0.622. The minimum absolute atomic E-state index is 0.345. The molecule has 0 amide bonds. The van der Waals surface area contributed by atoms with Crippen LogP contribution in [0.1, 0.15) is 42.9 Å². The van der Waals surface area contributed by atoms with Gasteiger partial charge in [0, 0.05) is 17.0 Å². The molecule has 0 fully saturated rings. The van der Waals surface area contributed by atoms with Crippen LogP contribution in [0.3, 0.4) is 0 Å². The third-order valence-electron chi connectivity index (χ3n) is 5.61. The molecule has 0 spiro atoms. The molecule has 0 unspecified atom stereocenters. The Balaban J connectivity index is 1.69. The predicted octanol–water partition coefficient (Wildman–Crippen LogP) is 7.37. The van der Waals surface area contributed by atoms with Gasteiger partial charge in [0.25, 0.3) is 0 Å². The summed E-state index contributed by atoms with van der Waals surface area (Å²) in [6.45, 7) is 7.70. The van der Waals surface area contributed by atoms with Crippen LogP contribution in [-0.4, -0.2) is 9.78 Å². The zero-order chi connectivity index (χ0) is 20.5. The molecule has 3 aromatic rings. The van der Waals surface area contributed by atoms with E-state index in [0.29, 0.717) is 21.8 Å². The summed E-state index contributed by atoms with van der Waals surface area (Å²) in [6, 6.07) is 7.25. The molecule has 4 rings (SSSR count). The van der Waals surface area contributed by atoms with Gasteiger partial charge in [0.15, 0.2) is 0 Å². The van der Waals surface area contributed by atoms with E-state index in [1.54, 1.807) is 17.7 Å². The lowest BCUT2D eigenvalue weighted by Crippen LogP contribution is -2.00. The van der Waals surface area contributed by atoms with Crippen molar-refractivity contribution in [3.8, 4) is 5.69 Å². The maximum absolute atomic E-state index is 14.5. The Morgan fingerprint density at radius 3 is 2.79 bits per heavy atom. The predicted molar refractivity (Wildman–Crippen MR) is 120 cm³/mol. The summed E-state index contributed by atoms with van der Waals surface area (Å²) in [6.07, 6.45) is 13.0. The first kappa shape index (κ1) is 19.7. The van der Waals surface area contributed by atoms with Crippen LogP contribution in [0.4, 0.5) is 4.39 Å². The lowest BCUT2D eigenvalue weighted by atomic mass is 9.96. The van der Waals surface area contributed by atoms with Crippen LogP contribution in [0, 0.1) is 12.7 Å². The Bertz CT molecular complexity index is 1170. The molecule has 0 bridgehead atoms. The second-order valence-corrected chi connectivity index (χ2v) is 8.07. The molecule has 2 aromatic carbocycles. The van der Waals surface area contributed by atoms with E-state index in [1.165, 1.54) is 22.8 Å². The third-order valence-corrected chi connectivity index (χ3v) is 5.92. The molecule has 0 atom stereocenters. The number of halogens is 2. The number of allylic oxidation sites excluding steroid dienone is 5. The van der Waals surface area contributed by atoms with Gasteiger partial charge in [0.1, 0.15) is 5.82 Å². The average molecular weight is 407 g/mol. The second kappa shape index (κ2) is 8.00. The number of hydrogen-bond donors (Lipinski definition) is 0. The topological polar surface area (TPSA) is 17.8 Å². The van der Waals surface area contributed by atoms with E-state index < -0.39 is 0 Å². The minimum Gasteiger partial charge on any atom is -0.231 e. The van der Waals surface area contributed by atoms with Crippen LogP contribution in [0.15, 0.2) is 60.8 Å². The summed E-state index contributed by atoms with van der Waals surface area (Å²) >= 11 is 6.46. The van der Waals surface area contributed by atoms with Gasteiger partial charge in [-0.1, -0.05) is 48.0 Å². The van der Waals surface area contributed by atoms with Gasteiger partial charge in [-0.25, -0.2) is 9.07 Å². The highest BCUT2D eigenvalue weighted by atomic mass is 35.5. The molecule has 0 saturated carbocycles. The fourth-order valence-corrected chi connectivity index (χ4v) is 4.15. The fourth-order valence-electron chi connectivity index (χ4n) is 3.91. The second-order valence-electron chi connectivity index (χ2n) is 7.66. The normalized spacial score (nSPS) is 13.7. The van der Waals surface area contributed by atoms with E-state index >= 15 is 0 Å². The Morgan fingerprint density at radius 2 is 2.07 bits per heavy atom. The molecular formula is C25H24ClFN2. The number of benzene rings is 2. The Kier molecular flexibility index (Phi) is 5.42. The number of nitrogens with zero attached hydrogens (tertiary/aromatic N) is 2. The average Bonchev–Trinajstić information content (AvgIpc) is 3.14. The van der Waals surface area contributed by atoms with Gasteiger partial charge < -0.3 is 0 Å². The van der Waals surface area contributed by atoms with E-state index in [4.69, 9.17) is 11.6 Å². The molecule has 1 heterocycles. The third kappa shape index (κ3) is 3.79. The van der Waals surface area contributed by atoms with E-state index in [0.717, 1.165) is 36.6 Å². The summed E-state index contributed by atoms with van der Waals surface area (Å²) in [5.41, 5.74) is 6.47. The maximum atomic E-state index is 14.5. The van der Waals surface area contributed by atoms with E-state index in [2.05, 4.69) is 49.0 Å². The van der Waals surface area contributed by atoms with Gasteiger partial charge in [-0.2, -0.15) is 5.10 Å². The molecule has 0 N–H and O–H groups in total. The Morgan fingerprint density at radius 1 is 1.24 bits per heavy atom. The molecule has 0 radical (unpaired) electrons. The number of rotatable bonds is 5. The van der Waals surface area contributed by atoms with Crippen LogP contribution in [0.25, 0.3) is 22.2 Å². The van der Waals surface area contributed by atoms with Crippen molar-refractivity contribution < 1.29 is 4.39 Å². The summed E-state index contributed by atoms with van der Waals surface area (Å²) in [5.74, 6) is -0.345. The highest BCUT2D eigenvalue weighted by Crippen LogP contribution is 2.31. The van der Waals surface area contributed by atoms with Gasteiger partial charge in [-0.15, -0.1) is 0 Å². The highest BCUT2D eigenvalue weighted by molar-refractivity contribution is 6.32. The fraction of sp³-hybridized carbons (Fsp3) is 0.240. The van der Waals surface area contributed by atoms with Gasteiger partial charge in [-0.3, -0.25) is 0 Å². The molecule has 4 heteroatoms. The van der Waals surface area contributed by atoms with Crippen LogP contribution in [0.2, 0.25) is 5.02 Å². The summed E-state index contributed by atoms with van der Waals surface area (Å²) in [4.78, 5) is 0. The van der Waals surface area contributed by atoms with Gasteiger partial charge in [0.05, 0.1) is 22.4 Å². The molecule has 148 valence electrons. The van der Waals surface area contributed by atoms with Gasteiger partial charge in [-0.05, 0) is 68.4 Å². The SMILES string of the molecule is C=C(C)c1cc(Cl)c(-n2ncc3c(C)c(CCC4=CCCC=C4)ccc32)cc1F. The molecule has 1 aliphatic rings. The molecule has 1 aliphatic carbocycles. The molecule has 29 heavy (non-hydrogen) atoms. The molecular weight excluding hydrogens is 383 g/mol. The van der Waals surface area contributed by atoms with Crippen molar-refractivity contribution in [3.05, 3.63) is 88.4 Å². The number of aryl methyl sites for hydroxylation is 2. The van der Waals surface area contributed by atoms with Crippen molar-refractivity contribution in [1.29, 1.82) is 0 Å². The van der Waals surface area contributed by atoms with Crippen molar-refractivity contribution in [3.63, 3.8) is 0 Å². The van der Waals surface area contributed by atoms with Gasteiger partial charge >= 0.3 is 0 Å². The first-order chi connectivity index (χ1) is 14.0. The standard InChI is InChI=1S/C25H24ClFN2/c1-16(2)20-13-22(26)25(14-23(20)27)29-24-12-11-19(17(3)21(24)15-28-29)10-9-18-7-5-4-6-8-18/h5,7-8,11-15H,1,4,6,9-10H2,2-3H3.